The molecule has 0 bridgehead atoms. The number of amides is 3. The maximum absolute atomic E-state index is 14.8. The molecule has 1 aliphatic carbocycles. The number of aryl methyl sites for hydroxylation is 1. The number of hydrogen-bond donors (Lipinski definition) is 3. The summed E-state index contributed by atoms with van der Waals surface area (Å²) in [5, 5.41) is 21.7. The van der Waals surface area contributed by atoms with Crippen molar-refractivity contribution in [3.05, 3.63) is 125 Å². The predicted octanol–water partition coefficient (Wildman–Crippen LogP) is 10.1. The smallest absolute Gasteiger partial charge is 0.409 e. The number of imide groups is 1. The Labute approximate surface area is 441 Å². The van der Waals surface area contributed by atoms with Crippen molar-refractivity contribution >= 4 is 72.8 Å². The van der Waals surface area contributed by atoms with Crippen LogP contribution < -0.4 is 25.2 Å². The number of pyridine rings is 1. The molecule has 0 radical (unpaired) electrons. The van der Waals surface area contributed by atoms with Gasteiger partial charge >= 0.3 is 12.1 Å². The summed E-state index contributed by atoms with van der Waals surface area (Å²) in [6.45, 7) is 4.05. The highest BCUT2D eigenvalue weighted by Gasteiger charge is 2.47. The lowest BCUT2D eigenvalue weighted by Gasteiger charge is -2.43. The second-order valence-corrected chi connectivity index (χ2v) is 21.6. The van der Waals surface area contributed by atoms with Gasteiger partial charge in [0.05, 0.1) is 33.4 Å². The Kier molecular flexibility index (Phi) is 14.0. The number of aromatic nitrogens is 4. The molecule has 76 heavy (non-hydrogen) atoms. The van der Waals surface area contributed by atoms with Crippen LogP contribution in [0.15, 0.2) is 91.0 Å². The Hall–Kier alpha value is -7.38. The normalized spacial score (nSPS) is 20.4. The summed E-state index contributed by atoms with van der Waals surface area (Å²) in [5.41, 5.74) is 6.79. The number of anilines is 3. The number of aromatic carboxylic acids is 1. The maximum Gasteiger partial charge on any atom is 0.409 e. The van der Waals surface area contributed by atoms with Gasteiger partial charge in [0.2, 0.25) is 11.8 Å². The Bertz CT molecular complexity index is 3360. The van der Waals surface area contributed by atoms with Crippen LogP contribution in [-0.2, 0) is 29.6 Å². The van der Waals surface area contributed by atoms with E-state index in [0.29, 0.717) is 101 Å². The number of piperazine rings is 1. The summed E-state index contributed by atoms with van der Waals surface area (Å²) < 4.78 is 53.5. The van der Waals surface area contributed by atoms with Crippen LogP contribution in [0, 0.1) is 12.8 Å². The van der Waals surface area contributed by atoms with Gasteiger partial charge in [-0.2, -0.15) is 18.3 Å². The monoisotopic (exact) mass is 1050 g/mol. The molecular formula is C57H58F3N9O6S. The van der Waals surface area contributed by atoms with Gasteiger partial charge < -0.3 is 19.6 Å². The van der Waals surface area contributed by atoms with Crippen LogP contribution >= 0.6 is 11.3 Å². The summed E-state index contributed by atoms with van der Waals surface area (Å²) in [6, 6.07) is 26.2. The molecule has 1 saturated carbocycles. The van der Waals surface area contributed by atoms with E-state index in [2.05, 4.69) is 20.7 Å². The molecule has 2 atom stereocenters. The Balaban J connectivity index is 0.685. The number of carboxylic acids is 1. The van der Waals surface area contributed by atoms with Crippen LogP contribution in [-0.4, -0.2) is 104 Å². The number of halogens is 3. The minimum Gasteiger partial charge on any atom is -0.490 e. The van der Waals surface area contributed by atoms with Crippen LogP contribution in [0.25, 0.3) is 32.2 Å². The number of alkyl halides is 3. The molecule has 3 N–H and O–H groups in total. The zero-order valence-electron chi connectivity index (χ0n) is 42.2. The number of carbonyl (C=O) groups is 4. The van der Waals surface area contributed by atoms with Gasteiger partial charge in [-0.05, 0) is 148 Å². The van der Waals surface area contributed by atoms with Crippen molar-refractivity contribution in [2.75, 3.05) is 47.8 Å². The van der Waals surface area contributed by atoms with Gasteiger partial charge in [0, 0.05) is 68.4 Å². The lowest BCUT2D eigenvalue weighted by atomic mass is 9.84. The van der Waals surface area contributed by atoms with Crippen molar-refractivity contribution < 1.29 is 42.2 Å². The molecule has 4 aliphatic rings. The Morgan fingerprint density at radius 1 is 0.895 bits per heavy atom. The van der Waals surface area contributed by atoms with Crippen molar-refractivity contribution in [1.29, 1.82) is 0 Å². The first-order chi connectivity index (χ1) is 36.6. The average Bonchev–Trinajstić information content (AvgIpc) is 4.02. The van der Waals surface area contributed by atoms with E-state index >= 15 is 0 Å². The molecule has 3 fully saturated rings. The van der Waals surface area contributed by atoms with E-state index in [1.54, 1.807) is 42.1 Å². The summed E-state index contributed by atoms with van der Waals surface area (Å²) in [4.78, 5) is 65.6. The summed E-state index contributed by atoms with van der Waals surface area (Å²) >= 11 is 1.42. The van der Waals surface area contributed by atoms with E-state index in [9.17, 15) is 37.5 Å². The summed E-state index contributed by atoms with van der Waals surface area (Å²) in [6.07, 6.45) is 1.95. The van der Waals surface area contributed by atoms with Gasteiger partial charge in [-0.25, -0.2) is 14.8 Å². The minimum absolute atomic E-state index is 0.0324. The number of fused-ring (bicyclic) bond motifs is 3. The van der Waals surface area contributed by atoms with Gasteiger partial charge in [0.15, 0.2) is 10.8 Å². The fourth-order valence-corrected chi connectivity index (χ4v) is 12.6. The average molecular weight is 1050 g/mol. The first kappa shape index (κ1) is 50.8. The third kappa shape index (κ3) is 10.3. The quantitative estimate of drug-likeness (QED) is 0.0934. The molecule has 4 aromatic carbocycles. The van der Waals surface area contributed by atoms with Gasteiger partial charge in [-0.3, -0.25) is 34.6 Å². The molecule has 2 saturated heterocycles. The number of para-hydroxylation sites is 1. The van der Waals surface area contributed by atoms with Crippen molar-refractivity contribution in [2.24, 2.45) is 13.0 Å². The molecule has 394 valence electrons. The topological polar surface area (TPSA) is 175 Å². The number of piperidine rings is 1. The number of rotatable bonds is 13. The van der Waals surface area contributed by atoms with Crippen molar-refractivity contribution in [1.82, 2.24) is 30.0 Å². The lowest BCUT2D eigenvalue weighted by Crippen LogP contribution is -2.59. The first-order valence-corrected chi connectivity index (χ1v) is 26.9. The van der Waals surface area contributed by atoms with Crippen molar-refractivity contribution in [3.63, 3.8) is 0 Å². The van der Waals surface area contributed by atoms with E-state index in [1.807, 2.05) is 77.4 Å². The molecule has 15 nitrogen and oxygen atoms in total. The number of carboxylic acid groups (broad SMARTS) is 1. The number of nitrogens with zero attached hydrogens (tertiary/aromatic N) is 7. The third-order valence-corrected chi connectivity index (χ3v) is 16.7. The van der Waals surface area contributed by atoms with E-state index in [1.165, 1.54) is 16.2 Å². The number of nitrogens with one attached hydrogen (secondary N) is 2. The second kappa shape index (κ2) is 21.0. The van der Waals surface area contributed by atoms with Gasteiger partial charge in [-0.1, -0.05) is 47.7 Å². The second-order valence-electron chi connectivity index (χ2n) is 20.5. The molecule has 3 amide bonds. The first-order valence-electron chi connectivity index (χ1n) is 26.0. The van der Waals surface area contributed by atoms with Crippen molar-refractivity contribution in [3.8, 4) is 16.9 Å². The zero-order valence-corrected chi connectivity index (χ0v) is 43.1. The lowest BCUT2D eigenvalue weighted by molar-refractivity contribution is -0.156. The highest BCUT2D eigenvalue weighted by Crippen LogP contribution is 2.39. The van der Waals surface area contributed by atoms with Crippen LogP contribution in [0.3, 0.4) is 0 Å². The number of ether oxygens (including phenoxy) is 1. The minimum atomic E-state index is -4.45. The largest absolute Gasteiger partial charge is 0.490 e. The summed E-state index contributed by atoms with van der Waals surface area (Å²) in [7, 11) is 1.71. The van der Waals surface area contributed by atoms with E-state index in [0.717, 1.165) is 65.4 Å². The van der Waals surface area contributed by atoms with E-state index in [-0.39, 0.29) is 43.1 Å². The van der Waals surface area contributed by atoms with Crippen molar-refractivity contribution in [2.45, 2.75) is 95.5 Å². The number of hydrogen-bond acceptors (Lipinski definition) is 12. The van der Waals surface area contributed by atoms with E-state index in [4.69, 9.17) is 9.72 Å². The zero-order chi connectivity index (χ0) is 52.8. The SMILES string of the molecule is Cc1c(OC2CCC(CCCN3CCN(c4ccc5c([C@@H]6CCC(=O)NC6=O)nn(C)c5c4)[C@H](C(F)(F)F)C3)CC2)cccc1-c1ccc(N2CCc3cccc(C(=O)Nc4nc5ccccc5s4)c3C2)nc1C(=O)O. The van der Waals surface area contributed by atoms with Gasteiger partial charge in [-0.15, -0.1) is 0 Å². The molecule has 3 aliphatic heterocycles. The van der Waals surface area contributed by atoms with Crippen LogP contribution in [0.5, 0.6) is 5.75 Å². The predicted molar refractivity (Wildman–Crippen MR) is 285 cm³/mol. The molecule has 6 heterocycles. The van der Waals surface area contributed by atoms with Crippen LogP contribution in [0.2, 0.25) is 0 Å². The van der Waals surface area contributed by atoms with E-state index < -0.39 is 30.0 Å². The van der Waals surface area contributed by atoms with Crippen LogP contribution in [0.1, 0.15) is 101 Å². The van der Waals surface area contributed by atoms with Gasteiger partial charge in [0.25, 0.3) is 5.91 Å². The van der Waals surface area contributed by atoms with Crippen LogP contribution in [0.4, 0.5) is 29.8 Å². The fraction of sp³-hybridized carbons (Fsp3) is 0.386. The Morgan fingerprint density at radius 3 is 2.50 bits per heavy atom. The molecule has 7 aromatic rings. The standard InChI is InChI=1S/C57H58F3N9O6S/c1-33-38(39-21-23-49(62-52(39)55(73)74)68-27-25-35-9-5-11-40(43(35)31-68)53(71)64-56-61-44-12-3-4-14-47(44)76-56)10-6-13-46(33)75-37-18-15-34(16-19-37)8-7-26-67-28-29-69(48(32-67)57(58,59)60)36-17-20-41-45(30-36)66(2)65-51(41)42-22-24-50(70)63-54(42)72/h3-6,9-14,17,20-21,23,30,34,37,42,48H,7-8,15-16,18-19,22,24-29,31-32H2,1-2H3,(H,73,74)(H,61,64,71)(H,63,70,72)/t34?,37?,42-,48-/m0/s1. The maximum atomic E-state index is 14.8. The highest BCUT2D eigenvalue weighted by atomic mass is 32.1. The molecular weight excluding hydrogens is 996 g/mol. The number of thiazole rings is 1. The molecule has 0 spiro atoms. The third-order valence-electron chi connectivity index (χ3n) is 15.8. The number of carbonyl (C=O) groups excluding carboxylic acids is 3. The molecule has 3 aromatic heterocycles. The molecule has 0 unspecified atom stereocenters. The fourth-order valence-electron chi connectivity index (χ4n) is 11.7. The molecule has 11 rings (SSSR count). The highest BCUT2D eigenvalue weighted by molar-refractivity contribution is 7.22. The number of benzene rings is 4. The Morgan fingerprint density at radius 2 is 1.71 bits per heavy atom. The molecule has 19 heteroatoms. The summed E-state index contributed by atoms with van der Waals surface area (Å²) in [5.74, 6) is -1.13. The van der Waals surface area contributed by atoms with Gasteiger partial charge in [0.1, 0.15) is 17.6 Å².